The molecule has 0 bridgehead atoms. The number of aromatic nitrogens is 1. The van der Waals surface area contributed by atoms with Crippen LogP contribution in [-0.4, -0.2) is 25.7 Å². The van der Waals surface area contributed by atoms with Crippen molar-refractivity contribution in [1.82, 2.24) is 4.98 Å². The molecule has 0 saturated carbocycles. The monoisotopic (exact) mass is 383 g/mol. The second kappa shape index (κ2) is 8.47. The van der Waals surface area contributed by atoms with Crippen LogP contribution >= 0.6 is 11.6 Å². The fraction of sp³-hybridized carbons (Fsp3) is 0.200. The third-order valence-corrected chi connectivity index (χ3v) is 4.22. The molecule has 27 heavy (non-hydrogen) atoms. The molecule has 0 aliphatic heterocycles. The number of nitrogens with one attached hydrogen (secondary N) is 1. The van der Waals surface area contributed by atoms with Crippen molar-refractivity contribution in [3.63, 3.8) is 0 Å². The van der Waals surface area contributed by atoms with Crippen molar-refractivity contribution >= 4 is 17.5 Å². The van der Waals surface area contributed by atoms with Gasteiger partial charge in [-0.3, -0.25) is 0 Å². The van der Waals surface area contributed by atoms with Gasteiger partial charge in [0, 0.05) is 17.1 Å². The van der Waals surface area contributed by atoms with Crippen molar-refractivity contribution in [2.45, 2.75) is 6.42 Å². The van der Waals surface area contributed by atoms with Crippen LogP contribution in [0.3, 0.4) is 0 Å². The summed E-state index contributed by atoms with van der Waals surface area (Å²) in [5.74, 6) is 2.08. The van der Waals surface area contributed by atoms with Crippen molar-refractivity contribution in [2.75, 3.05) is 26.1 Å². The lowest BCUT2D eigenvalue weighted by Gasteiger charge is -2.09. The summed E-state index contributed by atoms with van der Waals surface area (Å²) in [5, 5.41) is 13.1. The number of rotatable bonds is 7. The van der Waals surface area contributed by atoms with Gasteiger partial charge in [-0.2, -0.15) is 10.2 Å². The molecule has 3 aromatic rings. The SMILES string of the molecule is COc1ccc(CCNc2oc(-c3ccc(Cl)cc3)nc2C#N)cc1OC. The zero-order valence-corrected chi connectivity index (χ0v) is 15.7. The highest BCUT2D eigenvalue weighted by Crippen LogP contribution is 2.28. The number of nitrogens with zero attached hydrogens (tertiary/aromatic N) is 2. The quantitative estimate of drug-likeness (QED) is 0.645. The average molecular weight is 384 g/mol. The van der Waals surface area contributed by atoms with E-state index in [1.54, 1.807) is 38.5 Å². The molecular weight excluding hydrogens is 366 g/mol. The second-order valence-corrected chi connectivity index (χ2v) is 6.12. The molecule has 1 heterocycles. The van der Waals surface area contributed by atoms with E-state index in [9.17, 15) is 5.26 Å². The zero-order chi connectivity index (χ0) is 19.2. The first-order chi connectivity index (χ1) is 13.1. The van der Waals surface area contributed by atoms with E-state index >= 15 is 0 Å². The highest BCUT2D eigenvalue weighted by Gasteiger charge is 2.14. The Kier molecular flexibility index (Phi) is 5.84. The number of methoxy groups -OCH3 is 2. The van der Waals surface area contributed by atoms with Gasteiger partial charge in [-0.25, -0.2) is 0 Å². The third-order valence-electron chi connectivity index (χ3n) is 3.97. The summed E-state index contributed by atoms with van der Waals surface area (Å²) < 4.78 is 16.3. The molecule has 0 atom stereocenters. The van der Waals surface area contributed by atoms with E-state index in [1.165, 1.54) is 0 Å². The molecule has 3 rings (SSSR count). The van der Waals surface area contributed by atoms with E-state index in [1.807, 2.05) is 24.3 Å². The molecule has 7 heteroatoms. The van der Waals surface area contributed by atoms with Crippen LogP contribution < -0.4 is 14.8 Å². The van der Waals surface area contributed by atoms with Crippen LogP contribution in [0.25, 0.3) is 11.5 Å². The number of nitriles is 1. The smallest absolute Gasteiger partial charge is 0.232 e. The summed E-state index contributed by atoms with van der Waals surface area (Å²) in [6, 6.07) is 14.9. The molecule has 6 nitrogen and oxygen atoms in total. The molecule has 0 unspecified atom stereocenters. The fourth-order valence-corrected chi connectivity index (χ4v) is 2.71. The van der Waals surface area contributed by atoms with Gasteiger partial charge in [0.1, 0.15) is 6.07 Å². The lowest BCUT2D eigenvalue weighted by atomic mass is 10.1. The predicted octanol–water partition coefficient (Wildman–Crippen LogP) is 4.54. The first-order valence-electron chi connectivity index (χ1n) is 8.26. The predicted molar refractivity (Wildman–Crippen MR) is 103 cm³/mol. The number of ether oxygens (including phenoxy) is 2. The maximum absolute atomic E-state index is 9.30. The minimum Gasteiger partial charge on any atom is -0.493 e. The minimum atomic E-state index is 0.215. The van der Waals surface area contributed by atoms with E-state index in [4.69, 9.17) is 25.5 Å². The molecule has 0 saturated heterocycles. The molecule has 1 N–H and O–H groups in total. The summed E-state index contributed by atoms with van der Waals surface area (Å²) in [5.41, 5.74) is 2.03. The van der Waals surface area contributed by atoms with Gasteiger partial charge in [0.25, 0.3) is 0 Å². The Morgan fingerprint density at radius 1 is 1.11 bits per heavy atom. The summed E-state index contributed by atoms with van der Waals surface area (Å²) >= 11 is 5.90. The minimum absolute atomic E-state index is 0.215. The molecule has 2 aromatic carbocycles. The molecule has 0 amide bonds. The second-order valence-electron chi connectivity index (χ2n) is 5.68. The van der Waals surface area contributed by atoms with Crippen molar-refractivity contribution in [1.29, 1.82) is 5.26 Å². The Hall–Kier alpha value is -3.17. The standard InChI is InChI=1S/C20H18ClN3O3/c1-25-17-8-3-13(11-18(17)26-2)9-10-23-20-16(12-22)24-19(27-20)14-4-6-15(21)7-5-14/h3-8,11,23H,9-10H2,1-2H3. The largest absolute Gasteiger partial charge is 0.493 e. The van der Waals surface area contributed by atoms with Crippen molar-refractivity contribution < 1.29 is 13.9 Å². The van der Waals surface area contributed by atoms with Crippen molar-refractivity contribution in [3.8, 4) is 29.0 Å². The molecular formula is C20H18ClN3O3. The maximum Gasteiger partial charge on any atom is 0.232 e. The van der Waals surface area contributed by atoms with E-state index in [0.717, 1.165) is 11.1 Å². The number of oxazole rings is 1. The summed E-state index contributed by atoms with van der Waals surface area (Å²) in [6.45, 7) is 0.569. The van der Waals surface area contributed by atoms with Crippen LogP contribution in [0.1, 0.15) is 11.3 Å². The Bertz CT molecular complexity index is 962. The van der Waals surface area contributed by atoms with Crippen LogP contribution in [0.5, 0.6) is 11.5 Å². The van der Waals surface area contributed by atoms with Crippen molar-refractivity contribution in [3.05, 3.63) is 58.7 Å². The van der Waals surface area contributed by atoms with E-state index in [0.29, 0.717) is 41.3 Å². The van der Waals surface area contributed by atoms with Gasteiger partial charge in [-0.05, 0) is 48.4 Å². The van der Waals surface area contributed by atoms with Crippen LogP contribution in [0.2, 0.25) is 5.02 Å². The fourth-order valence-electron chi connectivity index (χ4n) is 2.59. The highest BCUT2D eigenvalue weighted by atomic mass is 35.5. The van der Waals surface area contributed by atoms with Gasteiger partial charge < -0.3 is 19.2 Å². The van der Waals surface area contributed by atoms with Gasteiger partial charge in [-0.1, -0.05) is 17.7 Å². The first-order valence-corrected chi connectivity index (χ1v) is 8.64. The summed E-state index contributed by atoms with van der Waals surface area (Å²) in [7, 11) is 3.20. The summed E-state index contributed by atoms with van der Waals surface area (Å²) in [6.07, 6.45) is 0.711. The Balaban J connectivity index is 1.69. The van der Waals surface area contributed by atoms with Gasteiger partial charge in [-0.15, -0.1) is 0 Å². The lowest BCUT2D eigenvalue weighted by molar-refractivity contribution is 0.354. The molecule has 0 spiro atoms. The van der Waals surface area contributed by atoms with Gasteiger partial charge in [0.05, 0.1) is 14.2 Å². The maximum atomic E-state index is 9.30. The highest BCUT2D eigenvalue weighted by molar-refractivity contribution is 6.30. The average Bonchev–Trinajstić information content (AvgIpc) is 3.11. The number of hydrogen-bond donors (Lipinski definition) is 1. The molecule has 138 valence electrons. The van der Waals surface area contributed by atoms with Crippen LogP contribution in [0.4, 0.5) is 5.88 Å². The number of halogens is 1. The molecule has 1 aromatic heterocycles. The topological polar surface area (TPSA) is 80.3 Å². The third kappa shape index (κ3) is 4.33. The van der Waals surface area contributed by atoms with Crippen LogP contribution in [0.15, 0.2) is 46.9 Å². The van der Waals surface area contributed by atoms with Gasteiger partial charge in [0.15, 0.2) is 11.5 Å². The van der Waals surface area contributed by atoms with Gasteiger partial charge in [0.2, 0.25) is 17.5 Å². The lowest BCUT2D eigenvalue weighted by Crippen LogP contribution is -2.05. The van der Waals surface area contributed by atoms with Gasteiger partial charge >= 0.3 is 0 Å². The van der Waals surface area contributed by atoms with Crippen LogP contribution in [-0.2, 0) is 6.42 Å². The zero-order valence-electron chi connectivity index (χ0n) is 15.0. The van der Waals surface area contributed by atoms with Crippen LogP contribution in [0, 0.1) is 11.3 Å². The Morgan fingerprint density at radius 2 is 1.85 bits per heavy atom. The Morgan fingerprint density at radius 3 is 2.52 bits per heavy atom. The first kappa shape index (κ1) is 18.6. The Labute approximate surface area is 162 Å². The molecule has 0 radical (unpaired) electrons. The molecule has 0 aliphatic carbocycles. The van der Waals surface area contributed by atoms with E-state index < -0.39 is 0 Å². The van der Waals surface area contributed by atoms with E-state index in [2.05, 4.69) is 10.3 Å². The normalized spacial score (nSPS) is 10.3. The van der Waals surface area contributed by atoms with E-state index in [-0.39, 0.29) is 5.69 Å². The number of anilines is 1. The summed E-state index contributed by atoms with van der Waals surface area (Å²) in [4.78, 5) is 4.23. The molecule has 0 fully saturated rings. The van der Waals surface area contributed by atoms with Crippen molar-refractivity contribution in [2.24, 2.45) is 0 Å². The number of benzene rings is 2. The number of hydrogen-bond acceptors (Lipinski definition) is 6. The molecule has 0 aliphatic rings.